The minimum atomic E-state index is -0.110. The summed E-state index contributed by atoms with van der Waals surface area (Å²) in [5.74, 6) is -0.110. The van der Waals surface area contributed by atoms with E-state index in [4.69, 9.17) is 4.98 Å². The predicted octanol–water partition coefficient (Wildman–Crippen LogP) is 4.88. The Morgan fingerprint density at radius 1 is 0.933 bits per heavy atom. The van der Waals surface area contributed by atoms with Crippen LogP contribution < -0.4 is 5.32 Å². The molecule has 3 aromatic heterocycles. The first-order chi connectivity index (χ1) is 14.6. The van der Waals surface area contributed by atoms with Gasteiger partial charge in [0.1, 0.15) is 0 Å². The third kappa shape index (κ3) is 3.18. The van der Waals surface area contributed by atoms with Gasteiger partial charge in [0.25, 0.3) is 0 Å². The topological polar surface area (TPSA) is 72.2 Å². The smallest absolute Gasteiger partial charge is 0.221 e. The van der Waals surface area contributed by atoms with Gasteiger partial charge in [-0.3, -0.25) is 9.78 Å². The van der Waals surface area contributed by atoms with Gasteiger partial charge < -0.3 is 5.32 Å². The second kappa shape index (κ2) is 7.08. The van der Waals surface area contributed by atoms with Crippen LogP contribution >= 0.6 is 0 Å². The van der Waals surface area contributed by atoms with E-state index in [9.17, 15) is 4.79 Å². The highest BCUT2D eigenvalue weighted by Gasteiger charge is 2.13. The number of nitrogens with one attached hydrogen (secondary N) is 1. The Morgan fingerprint density at radius 3 is 2.57 bits per heavy atom. The van der Waals surface area contributed by atoms with E-state index in [0.717, 1.165) is 44.5 Å². The van der Waals surface area contributed by atoms with Gasteiger partial charge in [0, 0.05) is 47.7 Å². The third-order valence-corrected chi connectivity index (χ3v) is 5.09. The summed E-state index contributed by atoms with van der Waals surface area (Å²) < 4.78 is 1.81. The number of nitrogens with zero attached hydrogens (tertiary/aromatic N) is 4. The summed E-state index contributed by atoms with van der Waals surface area (Å²) in [6.07, 6.45) is 7.47. The molecule has 0 unspecified atom stereocenters. The summed E-state index contributed by atoms with van der Waals surface area (Å²) in [7, 11) is 0. The minimum absolute atomic E-state index is 0.110. The highest BCUT2D eigenvalue weighted by Crippen LogP contribution is 2.31. The van der Waals surface area contributed by atoms with Crippen molar-refractivity contribution >= 4 is 28.1 Å². The van der Waals surface area contributed by atoms with Gasteiger partial charge in [-0.2, -0.15) is 5.10 Å². The van der Waals surface area contributed by atoms with E-state index in [-0.39, 0.29) is 5.91 Å². The number of pyridine rings is 1. The van der Waals surface area contributed by atoms with Crippen molar-refractivity contribution in [3.63, 3.8) is 0 Å². The highest BCUT2D eigenvalue weighted by molar-refractivity contribution is 6.00. The van der Waals surface area contributed by atoms with Crippen LogP contribution in [0.25, 0.3) is 38.8 Å². The van der Waals surface area contributed by atoms with Crippen molar-refractivity contribution in [1.82, 2.24) is 19.6 Å². The van der Waals surface area contributed by atoms with Crippen LogP contribution in [-0.4, -0.2) is 25.5 Å². The van der Waals surface area contributed by atoms with Gasteiger partial charge >= 0.3 is 0 Å². The largest absolute Gasteiger partial charge is 0.326 e. The summed E-state index contributed by atoms with van der Waals surface area (Å²) in [6.45, 7) is 3.56. The number of fused-ring (bicyclic) bond motifs is 2. The van der Waals surface area contributed by atoms with Crippen molar-refractivity contribution in [1.29, 1.82) is 0 Å². The Kier molecular flexibility index (Phi) is 4.25. The number of carbonyl (C=O) groups is 1. The first-order valence-corrected chi connectivity index (χ1v) is 9.66. The van der Waals surface area contributed by atoms with Crippen LogP contribution in [0.1, 0.15) is 12.5 Å². The zero-order chi connectivity index (χ0) is 20.7. The molecule has 1 amide bonds. The molecule has 0 aliphatic heterocycles. The SMILES string of the molecule is CC(=O)Nc1ccc2c(-c3cnn4cc(-c5ccc(C)cc5)cnc34)ccnc2c1. The first-order valence-electron chi connectivity index (χ1n) is 9.66. The number of benzene rings is 2. The summed E-state index contributed by atoms with van der Waals surface area (Å²) in [4.78, 5) is 20.5. The molecule has 0 fully saturated rings. The fraction of sp³-hybridized carbons (Fsp3) is 0.0833. The minimum Gasteiger partial charge on any atom is -0.326 e. The molecule has 0 aliphatic carbocycles. The van der Waals surface area contributed by atoms with Crippen molar-refractivity contribution in [2.75, 3.05) is 5.32 Å². The molecule has 0 bridgehead atoms. The molecule has 5 rings (SSSR count). The van der Waals surface area contributed by atoms with E-state index in [2.05, 4.69) is 46.6 Å². The lowest BCUT2D eigenvalue weighted by Crippen LogP contribution is -2.05. The summed E-state index contributed by atoms with van der Waals surface area (Å²) in [6, 6.07) is 16.0. The van der Waals surface area contributed by atoms with Gasteiger partial charge in [-0.15, -0.1) is 0 Å². The number of aryl methyl sites for hydroxylation is 1. The molecule has 2 aromatic carbocycles. The Balaban J connectivity index is 1.60. The van der Waals surface area contributed by atoms with E-state index in [0.29, 0.717) is 0 Å². The van der Waals surface area contributed by atoms with E-state index < -0.39 is 0 Å². The van der Waals surface area contributed by atoms with Crippen LogP contribution in [-0.2, 0) is 4.79 Å². The molecule has 5 aromatic rings. The monoisotopic (exact) mass is 393 g/mol. The average molecular weight is 393 g/mol. The summed E-state index contributed by atoms with van der Waals surface area (Å²) >= 11 is 0. The molecular weight excluding hydrogens is 374 g/mol. The van der Waals surface area contributed by atoms with Gasteiger partial charge in [0.05, 0.1) is 11.7 Å². The third-order valence-electron chi connectivity index (χ3n) is 5.09. The van der Waals surface area contributed by atoms with Gasteiger partial charge in [-0.05, 0) is 36.2 Å². The molecule has 30 heavy (non-hydrogen) atoms. The first kappa shape index (κ1) is 18.0. The van der Waals surface area contributed by atoms with Crippen LogP contribution in [0.2, 0.25) is 0 Å². The highest BCUT2D eigenvalue weighted by atomic mass is 16.1. The molecule has 0 saturated carbocycles. The van der Waals surface area contributed by atoms with Crippen molar-refractivity contribution in [2.24, 2.45) is 0 Å². The van der Waals surface area contributed by atoms with Crippen molar-refractivity contribution < 1.29 is 4.79 Å². The number of hydrogen-bond acceptors (Lipinski definition) is 4. The van der Waals surface area contributed by atoms with Crippen LogP contribution in [0.5, 0.6) is 0 Å². The average Bonchev–Trinajstić information content (AvgIpc) is 3.16. The number of rotatable bonds is 3. The Hall–Kier alpha value is -4.06. The fourth-order valence-corrected chi connectivity index (χ4v) is 3.62. The Labute approximate surface area is 173 Å². The number of amides is 1. The molecule has 0 aliphatic rings. The number of anilines is 1. The van der Waals surface area contributed by atoms with E-state index in [1.807, 2.05) is 47.4 Å². The van der Waals surface area contributed by atoms with Crippen LogP contribution in [0.4, 0.5) is 5.69 Å². The maximum Gasteiger partial charge on any atom is 0.221 e. The van der Waals surface area contributed by atoms with Crippen LogP contribution in [0.3, 0.4) is 0 Å². The quantitative estimate of drug-likeness (QED) is 0.474. The lowest BCUT2D eigenvalue weighted by molar-refractivity contribution is -0.114. The molecule has 6 nitrogen and oxygen atoms in total. The summed E-state index contributed by atoms with van der Waals surface area (Å²) in [5.41, 5.74) is 7.58. The summed E-state index contributed by atoms with van der Waals surface area (Å²) in [5, 5.41) is 8.32. The second-order valence-electron chi connectivity index (χ2n) is 7.31. The van der Waals surface area contributed by atoms with Crippen LogP contribution in [0.15, 0.2) is 73.3 Å². The van der Waals surface area contributed by atoms with Crippen molar-refractivity contribution in [3.05, 3.63) is 78.9 Å². The molecule has 1 N–H and O–H groups in total. The van der Waals surface area contributed by atoms with E-state index in [1.165, 1.54) is 12.5 Å². The number of carbonyl (C=O) groups excluding carboxylic acids is 1. The molecule has 3 heterocycles. The number of hydrogen-bond donors (Lipinski definition) is 1. The maximum absolute atomic E-state index is 11.3. The van der Waals surface area contributed by atoms with E-state index >= 15 is 0 Å². The molecule has 6 heteroatoms. The molecule has 146 valence electrons. The van der Waals surface area contributed by atoms with Gasteiger partial charge in [0.15, 0.2) is 5.65 Å². The predicted molar refractivity (Wildman–Crippen MR) is 118 cm³/mol. The Morgan fingerprint density at radius 2 is 1.77 bits per heavy atom. The van der Waals surface area contributed by atoms with Gasteiger partial charge in [-0.25, -0.2) is 9.50 Å². The number of aromatic nitrogens is 4. The van der Waals surface area contributed by atoms with Gasteiger partial charge in [-0.1, -0.05) is 35.9 Å². The maximum atomic E-state index is 11.3. The molecule has 0 atom stereocenters. The van der Waals surface area contributed by atoms with Gasteiger partial charge in [0.2, 0.25) is 5.91 Å². The second-order valence-corrected chi connectivity index (χ2v) is 7.31. The van der Waals surface area contributed by atoms with Crippen molar-refractivity contribution in [2.45, 2.75) is 13.8 Å². The standard InChI is InChI=1S/C24H19N5O/c1-15-3-5-17(6-4-15)18-12-26-24-22(13-27-29(24)14-18)20-9-10-25-23-11-19(28-16(2)30)7-8-21(20)23/h3-14H,1-2H3,(H,28,30). The molecular formula is C24H19N5O. The lowest BCUT2D eigenvalue weighted by Gasteiger charge is -2.08. The van der Waals surface area contributed by atoms with Crippen LogP contribution in [0, 0.1) is 6.92 Å². The normalized spacial score (nSPS) is 11.1. The van der Waals surface area contributed by atoms with E-state index in [1.54, 1.807) is 6.20 Å². The fourth-order valence-electron chi connectivity index (χ4n) is 3.62. The molecule has 0 radical (unpaired) electrons. The molecule has 0 saturated heterocycles. The Bertz CT molecular complexity index is 1400. The van der Waals surface area contributed by atoms with Crippen molar-refractivity contribution in [3.8, 4) is 22.3 Å². The zero-order valence-electron chi connectivity index (χ0n) is 16.6. The molecule has 0 spiro atoms. The lowest BCUT2D eigenvalue weighted by atomic mass is 10.0. The zero-order valence-corrected chi connectivity index (χ0v) is 16.6.